The van der Waals surface area contributed by atoms with E-state index in [1.165, 1.54) is 36.1 Å². The molecular formula is C16H20N2S. The molecule has 3 rings (SSSR count). The van der Waals surface area contributed by atoms with Crippen molar-refractivity contribution in [3.05, 3.63) is 52.2 Å². The van der Waals surface area contributed by atoms with Crippen LogP contribution in [0.15, 0.2) is 41.1 Å². The summed E-state index contributed by atoms with van der Waals surface area (Å²) in [5, 5.41) is 4.37. The molecule has 0 bridgehead atoms. The first-order valence-corrected chi connectivity index (χ1v) is 7.91. The van der Waals surface area contributed by atoms with Gasteiger partial charge in [-0.2, -0.15) is 11.3 Å². The van der Waals surface area contributed by atoms with Crippen molar-refractivity contribution in [3.63, 3.8) is 0 Å². The first-order valence-electron chi connectivity index (χ1n) is 6.97. The van der Waals surface area contributed by atoms with Gasteiger partial charge in [-0.05, 0) is 53.3 Å². The molecule has 2 aromatic rings. The standard InChI is InChI=1S/C16H20N2S/c17-11-16(14-8-10-19-12-14)18-9-4-3-6-13-5-1-2-7-15(13)18/h1-2,5,7-8,10,12,16H,3-4,6,9,11,17H2. The van der Waals surface area contributed by atoms with Crippen LogP contribution in [0, 0.1) is 0 Å². The fourth-order valence-electron chi connectivity index (χ4n) is 2.95. The van der Waals surface area contributed by atoms with Crippen LogP contribution in [0.25, 0.3) is 0 Å². The number of nitrogens with two attached hydrogens (primary N) is 1. The van der Waals surface area contributed by atoms with Crippen molar-refractivity contribution in [2.24, 2.45) is 5.73 Å². The molecule has 1 aliphatic rings. The van der Waals surface area contributed by atoms with E-state index in [-0.39, 0.29) is 0 Å². The fourth-order valence-corrected chi connectivity index (χ4v) is 3.66. The number of benzene rings is 1. The second-order valence-electron chi connectivity index (χ2n) is 5.09. The quantitative estimate of drug-likeness (QED) is 0.925. The fraction of sp³-hybridized carbons (Fsp3) is 0.375. The van der Waals surface area contributed by atoms with Crippen molar-refractivity contribution in [1.29, 1.82) is 0 Å². The van der Waals surface area contributed by atoms with E-state index in [0.717, 1.165) is 6.54 Å². The average molecular weight is 272 g/mol. The average Bonchev–Trinajstić information content (AvgIpc) is 2.88. The molecule has 1 aliphatic heterocycles. The molecule has 0 spiro atoms. The van der Waals surface area contributed by atoms with Gasteiger partial charge in [0.15, 0.2) is 0 Å². The van der Waals surface area contributed by atoms with Crippen LogP contribution in [0.5, 0.6) is 0 Å². The van der Waals surface area contributed by atoms with Gasteiger partial charge in [0, 0.05) is 18.8 Å². The third-order valence-corrected chi connectivity index (χ3v) is 4.63. The van der Waals surface area contributed by atoms with Crippen molar-refractivity contribution >= 4 is 17.0 Å². The first-order chi connectivity index (χ1) is 9.40. The molecule has 2 nitrogen and oxygen atoms in total. The monoisotopic (exact) mass is 272 g/mol. The SMILES string of the molecule is NCC(c1ccsc1)N1CCCCc2ccccc21. The number of aryl methyl sites for hydroxylation is 1. The zero-order chi connectivity index (χ0) is 13.1. The summed E-state index contributed by atoms with van der Waals surface area (Å²) < 4.78 is 0. The Labute approximate surface area is 118 Å². The minimum atomic E-state index is 0.311. The highest BCUT2D eigenvalue weighted by molar-refractivity contribution is 7.08. The van der Waals surface area contributed by atoms with Gasteiger partial charge in [-0.25, -0.2) is 0 Å². The normalized spacial score (nSPS) is 16.8. The van der Waals surface area contributed by atoms with Crippen LogP contribution in [0.2, 0.25) is 0 Å². The lowest BCUT2D eigenvalue weighted by Crippen LogP contribution is -2.34. The third-order valence-electron chi connectivity index (χ3n) is 3.92. The Kier molecular flexibility index (Phi) is 3.85. The van der Waals surface area contributed by atoms with Gasteiger partial charge in [-0.1, -0.05) is 18.2 Å². The number of rotatable bonds is 3. The highest BCUT2D eigenvalue weighted by atomic mass is 32.1. The van der Waals surface area contributed by atoms with Gasteiger partial charge in [-0.15, -0.1) is 0 Å². The van der Waals surface area contributed by atoms with Gasteiger partial charge in [0.25, 0.3) is 0 Å². The van der Waals surface area contributed by atoms with Gasteiger partial charge in [-0.3, -0.25) is 0 Å². The zero-order valence-electron chi connectivity index (χ0n) is 11.1. The Morgan fingerprint density at radius 1 is 1.21 bits per heavy atom. The van der Waals surface area contributed by atoms with E-state index in [1.807, 2.05) is 0 Å². The van der Waals surface area contributed by atoms with Crippen molar-refractivity contribution < 1.29 is 0 Å². The number of hydrogen-bond donors (Lipinski definition) is 1. The molecule has 0 fully saturated rings. The van der Waals surface area contributed by atoms with E-state index in [4.69, 9.17) is 5.73 Å². The molecule has 1 atom stereocenters. The Hall–Kier alpha value is -1.32. The molecule has 2 N–H and O–H groups in total. The minimum absolute atomic E-state index is 0.311. The minimum Gasteiger partial charge on any atom is -0.363 e. The maximum atomic E-state index is 6.07. The summed E-state index contributed by atoms with van der Waals surface area (Å²) in [6.45, 7) is 1.78. The topological polar surface area (TPSA) is 29.3 Å². The lowest BCUT2D eigenvalue weighted by atomic mass is 10.1. The summed E-state index contributed by atoms with van der Waals surface area (Å²) in [6, 6.07) is 11.3. The Bertz CT molecular complexity index is 521. The van der Waals surface area contributed by atoms with Crippen LogP contribution in [0.3, 0.4) is 0 Å². The van der Waals surface area contributed by atoms with Gasteiger partial charge in [0.05, 0.1) is 6.04 Å². The Balaban J connectivity index is 1.99. The summed E-state index contributed by atoms with van der Waals surface area (Å²) in [4.78, 5) is 2.50. The number of para-hydroxylation sites is 1. The maximum absolute atomic E-state index is 6.07. The van der Waals surface area contributed by atoms with Crippen LogP contribution in [0.4, 0.5) is 5.69 Å². The molecule has 1 unspecified atom stereocenters. The van der Waals surface area contributed by atoms with E-state index >= 15 is 0 Å². The predicted octanol–water partition coefficient (Wildman–Crippen LogP) is 3.59. The maximum Gasteiger partial charge on any atom is 0.0672 e. The van der Waals surface area contributed by atoms with E-state index in [2.05, 4.69) is 46.0 Å². The molecular weight excluding hydrogens is 252 g/mol. The summed E-state index contributed by atoms with van der Waals surface area (Å²) in [7, 11) is 0. The van der Waals surface area contributed by atoms with E-state index in [0.29, 0.717) is 12.6 Å². The van der Waals surface area contributed by atoms with Crippen LogP contribution in [-0.2, 0) is 6.42 Å². The van der Waals surface area contributed by atoms with Crippen molar-refractivity contribution in [3.8, 4) is 0 Å². The van der Waals surface area contributed by atoms with Crippen LogP contribution < -0.4 is 10.6 Å². The highest BCUT2D eigenvalue weighted by Crippen LogP contribution is 2.33. The van der Waals surface area contributed by atoms with E-state index in [9.17, 15) is 0 Å². The summed E-state index contributed by atoms with van der Waals surface area (Å²) >= 11 is 1.75. The molecule has 0 saturated heterocycles. The summed E-state index contributed by atoms with van der Waals surface area (Å²) in [5.41, 5.74) is 10.3. The Morgan fingerprint density at radius 3 is 2.89 bits per heavy atom. The van der Waals surface area contributed by atoms with E-state index in [1.54, 1.807) is 11.3 Å². The Morgan fingerprint density at radius 2 is 2.11 bits per heavy atom. The molecule has 0 saturated carbocycles. The molecule has 0 aliphatic carbocycles. The number of fused-ring (bicyclic) bond motifs is 1. The molecule has 3 heteroatoms. The second-order valence-corrected chi connectivity index (χ2v) is 5.87. The van der Waals surface area contributed by atoms with Gasteiger partial charge >= 0.3 is 0 Å². The largest absolute Gasteiger partial charge is 0.363 e. The first kappa shape index (κ1) is 12.7. The van der Waals surface area contributed by atoms with E-state index < -0.39 is 0 Å². The summed E-state index contributed by atoms with van der Waals surface area (Å²) in [5.74, 6) is 0. The van der Waals surface area contributed by atoms with Gasteiger partial charge in [0.1, 0.15) is 0 Å². The van der Waals surface area contributed by atoms with Crippen LogP contribution in [-0.4, -0.2) is 13.1 Å². The zero-order valence-corrected chi connectivity index (χ0v) is 11.9. The highest BCUT2D eigenvalue weighted by Gasteiger charge is 2.23. The summed E-state index contributed by atoms with van der Waals surface area (Å²) in [6.07, 6.45) is 3.71. The third kappa shape index (κ3) is 2.53. The second kappa shape index (κ2) is 5.76. The smallest absolute Gasteiger partial charge is 0.0672 e. The van der Waals surface area contributed by atoms with Crippen molar-refractivity contribution in [2.45, 2.75) is 25.3 Å². The molecule has 1 aromatic carbocycles. The number of anilines is 1. The molecule has 19 heavy (non-hydrogen) atoms. The molecule has 0 amide bonds. The van der Waals surface area contributed by atoms with Crippen molar-refractivity contribution in [1.82, 2.24) is 0 Å². The molecule has 1 aromatic heterocycles. The molecule has 100 valence electrons. The number of hydrogen-bond acceptors (Lipinski definition) is 3. The van der Waals surface area contributed by atoms with Gasteiger partial charge < -0.3 is 10.6 Å². The predicted molar refractivity (Wildman–Crippen MR) is 82.8 cm³/mol. The lowest BCUT2D eigenvalue weighted by Gasteiger charge is -2.33. The molecule has 2 heterocycles. The van der Waals surface area contributed by atoms with Crippen LogP contribution in [0.1, 0.15) is 30.0 Å². The number of nitrogens with zero attached hydrogens (tertiary/aromatic N) is 1. The number of thiophene rings is 1. The van der Waals surface area contributed by atoms with Gasteiger partial charge in [0.2, 0.25) is 0 Å². The van der Waals surface area contributed by atoms with Crippen molar-refractivity contribution in [2.75, 3.05) is 18.0 Å². The lowest BCUT2D eigenvalue weighted by molar-refractivity contribution is 0.612. The van der Waals surface area contributed by atoms with Crippen LogP contribution >= 0.6 is 11.3 Å². The molecule has 0 radical (unpaired) electrons.